The molecule has 0 spiro atoms. The van der Waals surface area contributed by atoms with Gasteiger partial charge in [-0.2, -0.15) is 0 Å². The predicted octanol–water partition coefficient (Wildman–Crippen LogP) is 3.14. The van der Waals surface area contributed by atoms with Crippen LogP contribution in [0.3, 0.4) is 0 Å². The summed E-state index contributed by atoms with van der Waals surface area (Å²) >= 11 is 0. The highest BCUT2D eigenvalue weighted by atomic mass is 16.6. The first-order valence-electron chi connectivity index (χ1n) is 5.52. The zero-order valence-electron chi connectivity index (χ0n) is 10.6. The van der Waals surface area contributed by atoms with Crippen molar-refractivity contribution in [1.29, 1.82) is 0 Å². The van der Waals surface area contributed by atoms with Crippen molar-refractivity contribution in [2.24, 2.45) is 5.41 Å². The average Bonchev–Trinajstić information content (AvgIpc) is 2.28. The van der Waals surface area contributed by atoms with E-state index in [1.807, 2.05) is 20.8 Å². The second kappa shape index (κ2) is 5.44. The molecule has 1 aromatic carbocycles. The van der Waals surface area contributed by atoms with Crippen molar-refractivity contribution < 1.29 is 9.72 Å². The quantitative estimate of drug-likeness (QED) is 0.504. The van der Waals surface area contributed by atoms with E-state index in [-0.39, 0.29) is 11.5 Å². The summed E-state index contributed by atoms with van der Waals surface area (Å²) < 4.78 is 0. The van der Waals surface area contributed by atoms with Crippen LogP contribution in [0.1, 0.15) is 20.8 Å². The lowest BCUT2D eigenvalue weighted by molar-refractivity contribution is -0.384. The number of hydrogen-bond acceptors (Lipinski definition) is 4. The van der Waals surface area contributed by atoms with Crippen LogP contribution in [0.25, 0.3) is 0 Å². The standard InChI is InChI=1S/C13H16N2O3/c1-13(2,3)12(16)8-9-14-10-4-6-11(7-5-10)15(17)18/h4-9,14H,1-3H3/b9-8+. The Hall–Kier alpha value is -2.17. The monoisotopic (exact) mass is 248 g/mol. The van der Waals surface area contributed by atoms with Gasteiger partial charge in [-0.3, -0.25) is 14.9 Å². The summed E-state index contributed by atoms with van der Waals surface area (Å²) in [6.07, 6.45) is 3.00. The molecule has 0 aliphatic rings. The number of nitrogens with one attached hydrogen (secondary N) is 1. The summed E-state index contributed by atoms with van der Waals surface area (Å²) in [4.78, 5) is 21.6. The normalized spacial score (nSPS) is 11.5. The van der Waals surface area contributed by atoms with E-state index in [2.05, 4.69) is 5.32 Å². The lowest BCUT2D eigenvalue weighted by Gasteiger charge is -2.12. The van der Waals surface area contributed by atoms with E-state index in [0.717, 1.165) is 0 Å². The third kappa shape index (κ3) is 4.01. The van der Waals surface area contributed by atoms with E-state index in [9.17, 15) is 14.9 Å². The molecule has 1 rings (SSSR count). The number of nitro benzene ring substituents is 1. The minimum Gasteiger partial charge on any atom is -0.362 e. The molecule has 0 aliphatic carbocycles. The number of non-ortho nitro benzene ring substituents is 1. The van der Waals surface area contributed by atoms with Crippen LogP contribution in [0.2, 0.25) is 0 Å². The maximum Gasteiger partial charge on any atom is 0.269 e. The molecule has 0 saturated carbocycles. The van der Waals surface area contributed by atoms with Gasteiger partial charge in [0.05, 0.1) is 4.92 Å². The number of carbonyl (C=O) groups is 1. The fraction of sp³-hybridized carbons (Fsp3) is 0.308. The van der Waals surface area contributed by atoms with Gasteiger partial charge in [0.25, 0.3) is 5.69 Å². The Balaban J connectivity index is 2.62. The summed E-state index contributed by atoms with van der Waals surface area (Å²) in [5, 5.41) is 13.3. The molecule has 0 heterocycles. The van der Waals surface area contributed by atoms with Crippen LogP contribution < -0.4 is 5.32 Å². The highest BCUT2D eigenvalue weighted by molar-refractivity contribution is 5.94. The Morgan fingerprint density at radius 2 is 1.83 bits per heavy atom. The number of carbonyl (C=O) groups excluding carboxylic acids is 1. The van der Waals surface area contributed by atoms with Crippen LogP contribution in [0.4, 0.5) is 11.4 Å². The van der Waals surface area contributed by atoms with Gasteiger partial charge in [-0.1, -0.05) is 20.8 Å². The second-order valence-electron chi connectivity index (χ2n) is 4.90. The van der Waals surface area contributed by atoms with Gasteiger partial charge in [-0.15, -0.1) is 0 Å². The van der Waals surface area contributed by atoms with Gasteiger partial charge in [0, 0.05) is 29.4 Å². The molecule has 0 aromatic heterocycles. The summed E-state index contributed by atoms with van der Waals surface area (Å²) in [6.45, 7) is 5.52. The topological polar surface area (TPSA) is 72.2 Å². The first-order valence-corrected chi connectivity index (χ1v) is 5.52. The molecule has 0 unspecified atom stereocenters. The number of anilines is 1. The van der Waals surface area contributed by atoms with Crippen molar-refractivity contribution in [2.75, 3.05) is 5.32 Å². The lowest BCUT2D eigenvalue weighted by atomic mass is 9.91. The van der Waals surface area contributed by atoms with E-state index < -0.39 is 10.3 Å². The average molecular weight is 248 g/mol. The smallest absolute Gasteiger partial charge is 0.269 e. The fourth-order valence-electron chi connectivity index (χ4n) is 1.14. The maximum absolute atomic E-state index is 11.6. The van der Waals surface area contributed by atoms with Crippen molar-refractivity contribution >= 4 is 17.2 Å². The number of ketones is 1. The molecule has 0 bridgehead atoms. The van der Waals surface area contributed by atoms with Crippen molar-refractivity contribution in [3.63, 3.8) is 0 Å². The minimum atomic E-state index is -0.456. The molecule has 0 fully saturated rings. The zero-order chi connectivity index (χ0) is 13.8. The molecule has 18 heavy (non-hydrogen) atoms. The SMILES string of the molecule is CC(C)(C)C(=O)/C=C/Nc1ccc([N+](=O)[O-])cc1. The maximum atomic E-state index is 11.6. The van der Waals surface area contributed by atoms with Crippen molar-refractivity contribution in [3.05, 3.63) is 46.7 Å². The predicted molar refractivity (Wildman–Crippen MR) is 70.3 cm³/mol. The number of rotatable bonds is 4. The number of nitrogens with zero attached hydrogens (tertiary/aromatic N) is 1. The van der Waals surface area contributed by atoms with Crippen LogP contribution in [0.15, 0.2) is 36.5 Å². The van der Waals surface area contributed by atoms with E-state index in [4.69, 9.17) is 0 Å². The highest BCUT2D eigenvalue weighted by Gasteiger charge is 2.17. The largest absolute Gasteiger partial charge is 0.362 e. The van der Waals surface area contributed by atoms with Crippen molar-refractivity contribution in [1.82, 2.24) is 0 Å². The molecule has 0 amide bonds. The molecule has 0 aliphatic heterocycles. The van der Waals surface area contributed by atoms with E-state index >= 15 is 0 Å². The van der Waals surface area contributed by atoms with Crippen molar-refractivity contribution in [2.45, 2.75) is 20.8 Å². The Bertz CT molecular complexity index is 470. The van der Waals surface area contributed by atoms with Gasteiger partial charge < -0.3 is 5.32 Å². The molecule has 96 valence electrons. The van der Waals surface area contributed by atoms with Gasteiger partial charge in [-0.05, 0) is 18.2 Å². The summed E-state index contributed by atoms with van der Waals surface area (Å²) in [5.74, 6) is 0.0110. The number of allylic oxidation sites excluding steroid dienone is 1. The highest BCUT2D eigenvalue weighted by Crippen LogP contribution is 2.17. The first-order chi connectivity index (χ1) is 8.30. The van der Waals surface area contributed by atoms with Crippen LogP contribution in [-0.2, 0) is 4.79 Å². The summed E-state index contributed by atoms with van der Waals surface area (Å²) in [7, 11) is 0. The van der Waals surface area contributed by atoms with Gasteiger partial charge in [-0.25, -0.2) is 0 Å². The van der Waals surface area contributed by atoms with Gasteiger partial charge >= 0.3 is 0 Å². The van der Waals surface area contributed by atoms with E-state index in [1.54, 1.807) is 12.1 Å². The Morgan fingerprint density at radius 1 is 1.28 bits per heavy atom. The van der Waals surface area contributed by atoms with E-state index in [0.29, 0.717) is 5.69 Å². The molecule has 0 radical (unpaired) electrons. The summed E-state index contributed by atoms with van der Waals surface area (Å²) in [6, 6.07) is 5.98. The third-order valence-electron chi connectivity index (χ3n) is 2.30. The molecule has 1 aromatic rings. The first kappa shape index (κ1) is 13.9. The van der Waals surface area contributed by atoms with Crippen LogP contribution in [0, 0.1) is 15.5 Å². The van der Waals surface area contributed by atoms with Crippen LogP contribution in [0.5, 0.6) is 0 Å². The number of nitro groups is 1. The van der Waals surface area contributed by atoms with Crippen LogP contribution in [-0.4, -0.2) is 10.7 Å². The number of hydrogen-bond donors (Lipinski definition) is 1. The third-order valence-corrected chi connectivity index (χ3v) is 2.30. The Kier molecular flexibility index (Phi) is 4.20. The minimum absolute atomic E-state index is 0.0110. The number of benzene rings is 1. The van der Waals surface area contributed by atoms with Gasteiger partial charge in [0.2, 0.25) is 0 Å². The fourth-order valence-corrected chi connectivity index (χ4v) is 1.14. The Morgan fingerprint density at radius 3 is 2.28 bits per heavy atom. The zero-order valence-corrected chi connectivity index (χ0v) is 10.6. The molecule has 0 saturated heterocycles. The molecule has 1 N–H and O–H groups in total. The lowest BCUT2D eigenvalue weighted by Crippen LogP contribution is -2.17. The van der Waals surface area contributed by atoms with Crippen LogP contribution >= 0.6 is 0 Å². The molecule has 5 nitrogen and oxygen atoms in total. The molecule has 0 atom stereocenters. The van der Waals surface area contributed by atoms with Gasteiger partial charge in [0.1, 0.15) is 0 Å². The summed E-state index contributed by atoms with van der Waals surface area (Å²) in [5.41, 5.74) is 0.321. The molecular weight excluding hydrogens is 232 g/mol. The van der Waals surface area contributed by atoms with E-state index in [1.165, 1.54) is 24.4 Å². The Labute approximate surface area is 106 Å². The second-order valence-corrected chi connectivity index (χ2v) is 4.90. The van der Waals surface area contributed by atoms with Gasteiger partial charge in [0.15, 0.2) is 5.78 Å². The van der Waals surface area contributed by atoms with Crippen molar-refractivity contribution in [3.8, 4) is 0 Å². The molecular formula is C13H16N2O3. The molecule has 5 heteroatoms.